The van der Waals surface area contributed by atoms with Gasteiger partial charge in [-0.25, -0.2) is 14.6 Å². The second-order valence-electron chi connectivity index (χ2n) is 8.62. The molecule has 172 valence electrons. The second kappa shape index (κ2) is 8.08. The van der Waals surface area contributed by atoms with Gasteiger partial charge in [0.2, 0.25) is 11.8 Å². The van der Waals surface area contributed by atoms with Gasteiger partial charge >= 0.3 is 0 Å². The minimum absolute atomic E-state index is 0.215. The summed E-state index contributed by atoms with van der Waals surface area (Å²) in [7, 11) is 2.00. The first-order valence-corrected chi connectivity index (χ1v) is 11.1. The standard InChI is InChI=1S/C24H24N8O2/c1-15-16(10-31-12-18(33)13-31)11-32(29-15)22-5-6-26-24(28-22)27-17-3-4-21-19(9-17)20(14-30(21)2)23-25-7-8-34-23/h3-9,11,14,18,33H,10,12-13H2,1-2H3,(H,26,27,28). The van der Waals surface area contributed by atoms with Gasteiger partial charge in [-0.15, -0.1) is 0 Å². The summed E-state index contributed by atoms with van der Waals surface area (Å²) in [5.74, 6) is 1.74. The number of benzene rings is 1. The summed E-state index contributed by atoms with van der Waals surface area (Å²) in [4.78, 5) is 15.5. The third kappa shape index (κ3) is 3.72. The highest BCUT2D eigenvalue weighted by Gasteiger charge is 2.25. The molecule has 5 aromatic rings. The minimum Gasteiger partial charge on any atom is -0.444 e. The van der Waals surface area contributed by atoms with E-state index < -0.39 is 0 Å². The first-order valence-electron chi connectivity index (χ1n) is 11.1. The number of rotatable bonds is 6. The quantitative estimate of drug-likeness (QED) is 0.401. The molecular weight excluding hydrogens is 432 g/mol. The Labute approximate surface area is 195 Å². The van der Waals surface area contributed by atoms with Crippen LogP contribution >= 0.6 is 0 Å². The summed E-state index contributed by atoms with van der Waals surface area (Å²) in [6, 6.07) is 7.91. The lowest BCUT2D eigenvalue weighted by Crippen LogP contribution is -2.49. The number of aromatic nitrogens is 6. The third-order valence-electron chi connectivity index (χ3n) is 6.12. The Balaban J connectivity index is 1.26. The molecule has 0 atom stereocenters. The Morgan fingerprint density at radius 1 is 1.15 bits per heavy atom. The smallest absolute Gasteiger partial charge is 0.229 e. The van der Waals surface area contributed by atoms with Gasteiger partial charge in [-0.1, -0.05) is 0 Å². The number of fused-ring (bicyclic) bond motifs is 1. The van der Waals surface area contributed by atoms with Crippen molar-refractivity contribution >= 4 is 22.5 Å². The molecule has 1 saturated heterocycles. The van der Waals surface area contributed by atoms with E-state index in [0.29, 0.717) is 30.7 Å². The molecule has 1 fully saturated rings. The van der Waals surface area contributed by atoms with Crippen LogP contribution in [0, 0.1) is 6.92 Å². The Kier molecular flexibility index (Phi) is 4.89. The zero-order valence-corrected chi connectivity index (χ0v) is 18.9. The number of aryl methyl sites for hydroxylation is 2. The lowest BCUT2D eigenvalue weighted by Gasteiger charge is -2.35. The van der Waals surface area contributed by atoms with E-state index in [4.69, 9.17) is 4.42 Å². The maximum absolute atomic E-state index is 9.53. The summed E-state index contributed by atoms with van der Waals surface area (Å²) >= 11 is 0. The lowest BCUT2D eigenvalue weighted by molar-refractivity contribution is -0.00297. The number of hydrogen-bond acceptors (Lipinski definition) is 8. The summed E-state index contributed by atoms with van der Waals surface area (Å²) in [5, 5.41) is 18.5. The van der Waals surface area contributed by atoms with E-state index in [1.54, 1.807) is 23.3 Å². The fourth-order valence-corrected chi connectivity index (χ4v) is 4.34. The molecule has 2 N–H and O–H groups in total. The molecule has 0 amide bonds. The molecule has 0 spiro atoms. The van der Waals surface area contributed by atoms with Gasteiger partial charge in [-0.2, -0.15) is 10.1 Å². The van der Waals surface area contributed by atoms with Crippen LogP contribution < -0.4 is 5.32 Å². The van der Waals surface area contributed by atoms with Gasteiger partial charge in [0.05, 0.1) is 23.6 Å². The zero-order valence-electron chi connectivity index (χ0n) is 18.9. The number of β-amino-alcohol motifs (C(OH)–C–C–N with tert-alkyl or cyclic N) is 1. The largest absolute Gasteiger partial charge is 0.444 e. The van der Waals surface area contributed by atoms with Crippen molar-refractivity contribution in [1.29, 1.82) is 0 Å². The fraction of sp³-hybridized carbons (Fsp3) is 0.250. The number of oxazole rings is 1. The Morgan fingerprint density at radius 2 is 2.03 bits per heavy atom. The number of nitrogens with zero attached hydrogens (tertiary/aromatic N) is 7. The molecule has 0 aliphatic carbocycles. The highest BCUT2D eigenvalue weighted by molar-refractivity contribution is 5.96. The second-order valence-corrected chi connectivity index (χ2v) is 8.62. The third-order valence-corrected chi connectivity index (χ3v) is 6.12. The Bertz CT molecular complexity index is 1460. The van der Waals surface area contributed by atoms with Crippen LogP contribution in [-0.4, -0.2) is 58.5 Å². The first-order chi connectivity index (χ1) is 16.5. The van der Waals surface area contributed by atoms with E-state index in [0.717, 1.165) is 40.0 Å². The van der Waals surface area contributed by atoms with Gasteiger partial charge in [-0.05, 0) is 25.1 Å². The van der Waals surface area contributed by atoms with Crippen molar-refractivity contribution < 1.29 is 9.52 Å². The summed E-state index contributed by atoms with van der Waals surface area (Å²) in [6.07, 6.45) is 8.72. The van der Waals surface area contributed by atoms with Gasteiger partial charge in [0.1, 0.15) is 6.26 Å². The molecule has 1 aliphatic rings. The normalized spacial score (nSPS) is 14.6. The molecule has 10 nitrogen and oxygen atoms in total. The van der Waals surface area contributed by atoms with Crippen LogP contribution in [-0.2, 0) is 13.6 Å². The average molecular weight is 457 g/mol. The van der Waals surface area contributed by atoms with Gasteiger partial charge in [0.25, 0.3) is 0 Å². The van der Waals surface area contributed by atoms with E-state index in [9.17, 15) is 5.11 Å². The lowest BCUT2D eigenvalue weighted by atomic mass is 10.1. The number of hydrogen-bond donors (Lipinski definition) is 2. The number of anilines is 2. The molecule has 0 radical (unpaired) electrons. The van der Waals surface area contributed by atoms with Crippen LogP contribution in [0.2, 0.25) is 0 Å². The van der Waals surface area contributed by atoms with Crippen LogP contribution in [0.5, 0.6) is 0 Å². The van der Waals surface area contributed by atoms with Crippen molar-refractivity contribution in [2.75, 3.05) is 18.4 Å². The van der Waals surface area contributed by atoms with Gasteiger partial charge in [0.15, 0.2) is 5.82 Å². The zero-order chi connectivity index (χ0) is 23.2. The minimum atomic E-state index is -0.215. The predicted molar refractivity (Wildman–Crippen MR) is 127 cm³/mol. The van der Waals surface area contributed by atoms with Crippen LogP contribution in [0.15, 0.2) is 59.7 Å². The van der Waals surface area contributed by atoms with Crippen LogP contribution in [0.4, 0.5) is 11.6 Å². The average Bonchev–Trinajstić information content (AvgIpc) is 3.53. The van der Waals surface area contributed by atoms with E-state index in [1.807, 2.05) is 55.2 Å². The number of aliphatic hydroxyl groups excluding tert-OH is 1. The molecule has 1 aliphatic heterocycles. The molecule has 0 unspecified atom stereocenters. The van der Waals surface area contributed by atoms with Gasteiger partial charge in [-0.3, -0.25) is 4.90 Å². The maximum atomic E-state index is 9.53. The highest BCUT2D eigenvalue weighted by atomic mass is 16.3. The van der Waals surface area contributed by atoms with Crippen molar-refractivity contribution in [3.63, 3.8) is 0 Å². The number of nitrogens with one attached hydrogen (secondary N) is 1. The monoisotopic (exact) mass is 456 g/mol. The fourth-order valence-electron chi connectivity index (χ4n) is 4.34. The van der Waals surface area contributed by atoms with Crippen molar-refractivity contribution in [3.8, 4) is 17.3 Å². The summed E-state index contributed by atoms with van der Waals surface area (Å²) in [5.41, 5.74) is 4.92. The Hall–Kier alpha value is -4.02. The molecule has 4 aromatic heterocycles. The summed E-state index contributed by atoms with van der Waals surface area (Å²) in [6.45, 7) is 4.16. The van der Waals surface area contributed by atoms with Crippen LogP contribution in [0.3, 0.4) is 0 Å². The molecule has 10 heteroatoms. The molecule has 0 saturated carbocycles. The first kappa shape index (κ1) is 20.6. The van der Waals surface area contributed by atoms with Crippen LogP contribution in [0.1, 0.15) is 11.3 Å². The molecular formula is C24H24N8O2. The highest BCUT2D eigenvalue weighted by Crippen LogP contribution is 2.31. The SMILES string of the molecule is Cc1nn(-c2ccnc(Nc3ccc4c(c3)c(-c3ncco3)cn4C)n2)cc1CN1CC(O)C1. The molecule has 1 aromatic carbocycles. The molecule has 5 heterocycles. The predicted octanol–water partition coefficient (Wildman–Crippen LogP) is 3.04. The topological polar surface area (TPSA) is 110 Å². The van der Waals surface area contributed by atoms with Crippen molar-refractivity contribution in [2.45, 2.75) is 19.6 Å². The van der Waals surface area contributed by atoms with Crippen LogP contribution in [0.25, 0.3) is 28.2 Å². The van der Waals surface area contributed by atoms with Crippen molar-refractivity contribution in [2.24, 2.45) is 7.05 Å². The Morgan fingerprint density at radius 3 is 2.82 bits per heavy atom. The summed E-state index contributed by atoms with van der Waals surface area (Å²) < 4.78 is 9.34. The van der Waals surface area contributed by atoms with Crippen molar-refractivity contribution in [3.05, 3.63) is 66.6 Å². The molecule has 6 rings (SSSR count). The number of aliphatic hydroxyl groups is 1. The molecule has 34 heavy (non-hydrogen) atoms. The van der Waals surface area contributed by atoms with E-state index in [1.165, 1.54) is 0 Å². The number of likely N-dealkylation sites (tertiary alicyclic amines) is 1. The van der Waals surface area contributed by atoms with E-state index >= 15 is 0 Å². The van der Waals surface area contributed by atoms with E-state index in [-0.39, 0.29) is 6.10 Å². The maximum Gasteiger partial charge on any atom is 0.229 e. The van der Waals surface area contributed by atoms with Gasteiger partial charge in [0, 0.05) is 73.5 Å². The molecule has 0 bridgehead atoms. The van der Waals surface area contributed by atoms with E-state index in [2.05, 4.69) is 30.3 Å². The van der Waals surface area contributed by atoms with Crippen molar-refractivity contribution in [1.82, 2.24) is 34.2 Å². The van der Waals surface area contributed by atoms with Gasteiger partial charge < -0.3 is 19.4 Å².